The lowest BCUT2D eigenvalue weighted by Gasteiger charge is -2.01. The second-order valence-corrected chi connectivity index (χ2v) is 5.90. The van der Waals surface area contributed by atoms with Crippen molar-refractivity contribution in [2.75, 3.05) is 6.61 Å². The summed E-state index contributed by atoms with van der Waals surface area (Å²) in [6.45, 7) is 4.68. The summed E-state index contributed by atoms with van der Waals surface area (Å²) in [6.07, 6.45) is 3.15. The predicted molar refractivity (Wildman–Crippen MR) is 85.6 cm³/mol. The van der Waals surface area contributed by atoms with Crippen molar-refractivity contribution in [3.63, 3.8) is 0 Å². The Morgan fingerprint density at radius 3 is 2.84 bits per heavy atom. The van der Waals surface area contributed by atoms with E-state index in [1.165, 1.54) is 5.56 Å². The van der Waals surface area contributed by atoms with E-state index < -0.39 is 0 Å². The maximum Gasteiger partial charge on any atom is 0.354 e. The van der Waals surface area contributed by atoms with Crippen molar-refractivity contribution in [3.8, 4) is 0 Å². The molecule has 102 valence electrons. The maximum absolute atomic E-state index is 11.9. The SMILES string of the molecule is CCCCCOC(=O)c1cc2cc(C)cc(I)c2[nH]1. The highest BCUT2D eigenvalue weighted by molar-refractivity contribution is 14.1. The van der Waals surface area contributed by atoms with Crippen molar-refractivity contribution < 1.29 is 9.53 Å². The average molecular weight is 371 g/mol. The molecule has 2 rings (SSSR count). The smallest absolute Gasteiger partial charge is 0.354 e. The van der Waals surface area contributed by atoms with E-state index >= 15 is 0 Å². The number of rotatable bonds is 5. The number of hydrogen-bond acceptors (Lipinski definition) is 2. The first-order valence-electron chi connectivity index (χ1n) is 6.58. The third kappa shape index (κ3) is 3.49. The van der Waals surface area contributed by atoms with Crippen LogP contribution in [0.1, 0.15) is 42.2 Å². The summed E-state index contributed by atoms with van der Waals surface area (Å²) >= 11 is 2.28. The minimum absolute atomic E-state index is 0.263. The molecular formula is C15H18INO2. The number of halogens is 1. The molecule has 0 atom stereocenters. The topological polar surface area (TPSA) is 42.1 Å². The minimum atomic E-state index is -0.263. The van der Waals surface area contributed by atoms with Gasteiger partial charge in [0.25, 0.3) is 0 Å². The Morgan fingerprint density at radius 1 is 1.32 bits per heavy atom. The van der Waals surface area contributed by atoms with Crippen LogP contribution >= 0.6 is 22.6 Å². The van der Waals surface area contributed by atoms with Crippen molar-refractivity contribution in [1.29, 1.82) is 0 Å². The highest BCUT2D eigenvalue weighted by Crippen LogP contribution is 2.23. The zero-order valence-corrected chi connectivity index (χ0v) is 13.4. The van der Waals surface area contributed by atoms with Crippen molar-refractivity contribution in [3.05, 3.63) is 33.0 Å². The summed E-state index contributed by atoms with van der Waals surface area (Å²) in [5.41, 5.74) is 2.74. The van der Waals surface area contributed by atoms with Gasteiger partial charge in [0.05, 0.1) is 12.1 Å². The Labute approximate surface area is 126 Å². The Morgan fingerprint density at radius 2 is 2.11 bits per heavy atom. The maximum atomic E-state index is 11.9. The lowest BCUT2D eigenvalue weighted by Crippen LogP contribution is -2.06. The number of esters is 1. The van der Waals surface area contributed by atoms with Gasteiger partial charge in [-0.3, -0.25) is 0 Å². The zero-order chi connectivity index (χ0) is 13.8. The Balaban J connectivity index is 2.12. The Bertz CT molecular complexity index is 589. The summed E-state index contributed by atoms with van der Waals surface area (Å²) in [7, 11) is 0. The molecule has 0 fully saturated rings. The van der Waals surface area contributed by atoms with Crippen LogP contribution in [0.15, 0.2) is 18.2 Å². The Kier molecular flexibility index (Phi) is 4.85. The van der Waals surface area contributed by atoms with E-state index in [0.717, 1.165) is 33.7 Å². The molecule has 0 saturated heterocycles. The number of unbranched alkanes of at least 4 members (excludes halogenated alkanes) is 2. The van der Waals surface area contributed by atoms with Crippen LogP contribution in [0.5, 0.6) is 0 Å². The van der Waals surface area contributed by atoms with Crippen molar-refractivity contribution in [1.82, 2.24) is 4.98 Å². The number of aromatic amines is 1. The first-order chi connectivity index (χ1) is 9.11. The van der Waals surface area contributed by atoms with Crippen LogP contribution in [0, 0.1) is 10.5 Å². The molecule has 3 nitrogen and oxygen atoms in total. The summed E-state index contributed by atoms with van der Waals surface area (Å²) in [5.74, 6) is -0.263. The minimum Gasteiger partial charge on any atom is -0.461 e. The summed E-state index contributed by atoms with van der Waals surface area (Å²) < 4.78 is 6.38. The van der Waals surface area contributed by atoms with Gasteiger partial charge in [-0.15, -0.1) is 0 Å². The fourth-order valence-electron chi connectivity index (χ4n) is 2.05. The molecular weight excluding hydrogens is 353 g/mol. The second-order valence-electron chi connectivity index (χ2n) is 4.74. The van der Waals surface area contributed by atoms with Crippen molar-refractivity contribution >= 4 is 39.5 Å². The van der Waals surface area contributed by atoms with Crippen LogP contribution in [0.25, 0.3) is 10.9 Å². The van der Waals surface area contributed by atoms with Gasteiger partial charge in [-0.25, -0.2) is 4.79 Å². The third-order valence-electron chi connectivity index (χ3n) is 3.03. The monoisotopic (exact) mass is 371 g/mol. The second kappa shape index (κ2) is 6.41. The van der Waals surface area contributed by atoms with E-state index in [0.29, 0.717) is 12.3 Å². The van der Waals surface area contributed by atoms with Gasteiger partial charge in [-0.2, -0.15) is 0 Å². The molecule has 0 spiro atoms. The zero-order valence-electron chi connectivity index (χ0n) is 11.3. The lowest BCUT2D eigenvalue weighted by atomic mass is 10.2. The van der Waals surface area contributed by atoms with Crippen molar-refractivity contribution in [2.24, 2.45) is 0 Å². The number of aromatic nitrogens is 1. The Hall–Kier alpha value is -1.04. The van der Waals surface area contributed by atoms with Crippen LogP contribution in [0.4, 0.5) is 0 Å². The van der Waals surface area contributed by atoms with Crippen LogP contribution < -0.4 is 0 Å². The summed E-state index contributed by atoms with van der Waals surface area (Å²) in [5, 5.41) is 1.06. The van der Waals surface area contributed by atoms with E-state index in [1.807, 2.05) is 6.07 Å². The number of benzene rings is 1. The number of carbonyl (C=O) groups is 1. The molecule has 0 unspecified atom stereocenters. The molecule has 1 heterocycles. The number of nitrogens with one attached hydrogen (secondary N) is 1. The summed E-state index contributed by atoms with van der Waals surface area (Å²) in [4.78, 5) is 15.1. The van der Waals surface area contributed by atoms with Gasteiger partial charge < -0.3 is 9.72 Å². The van der Waals surface area contributed by atoms with Gasteiger partial charge in [-0.1, -0.05) is 19.8 Å². The molecule has 1 aromatic heterocycles. The number of hydrogen-bond donors (Lipinski definition) is 1. The fourth-order valence-corrected chi connectivity index (χ4v) is 2.98. The van der Waals surface area contributed by atoms with E-state index in [1.54, 1.807) is 0 Å². The van der Waals surface area contributed by atoms with Gasteiger partial charge >= 0.3 is 5.97 Å². The predicted octanol–water partition coefficient (Wildman–Crippen LogP) is 4.43. The number of carbonyl (C=O) groups excluding carboxylic acids is 1. The van der Waals surface area contributed by atoms with Crippen molar-refractivity contribution in [2.45, 2.75) is 33.1 Å². The van der Waals surface area contributed by atoms with Crippen LogP contribution in [0.2, 0.25) is 0 Å². The highest BCUT2D eigenvalue weighted by atomic mass is 127. The molecule has 1 N–H and O–H groups in total. The normalized spacial score (nSPS) is 10.9. The molecule has 0 radical (unpaired) electrons. The van der Waals surface area contributed by atoms with E-state index in [9.17, 15) is 4.79 Å². The molecule has 0 bridgehead atoms. The van der Waals surface area contributed by atoms with Gasteiger partial charge in [0, 0.05) is 8.96 Å². The summed E-state index contributed by atoms with van der Waals surface area (Å²) in [6, 6.07) is 6.03. The first-order valence-corrected chi connectivity index (χ1v) is 7.65. The van der Waals surface area contributed by atoms with Crippen LogP contribution in [-0.4, -0.2) is 17.6 Å². The number of aryl methyl sites for hydroxylation is 1. The highest BCUT2D eigenvalue weighted by Gasteiger charge is 2.12. The quantitative estimate of drug-likeness (QED) is 0.480. The molecule has 0 saturated carbocycles. The van der Waals surface area contributed by atoms with Gasteiger partial charge in [0.2, 0.25) is 0 Å². The van der Waals surface area contributed by atoms with Crippen LogP contribution in [0.3, 0.4) is 0 Å². The molecule has 0 aliphatic carbocycles. The van der Waals surface area contributed by atoms with Gasteiger partial charge in [0.1, 0.15) is 5.69 Å². The molecule has 2 aromatic rings. The van der Waals surface area contributed by atoms with Gasteiger partial charge in [-0.05, 0) is 59.7 Å². The van der Waals surface area contributed by atoms with E-state index in [4.69, 9.17) is 4.74 Å². The molecule has 19 heavy (non-hydrogen) atoms. The third-order valence-corrected chi connectivity index (χ3v) is 3.88. The largest absolute Gasteiger partial charge is 0.461 e. The lowest BCUT2D eigenvalue weighted by molar-refractivity contribution is 0.0492. The molecule has 1 aromatic carbocycles. The molecule has 4 heteroatoms. The van der Waals surface area contributed by atoms with E-state index in [-0.39, 0.29) is 5.97 Å². The number of ether oxygens (including phenoxy) is 1. The standard InChI is InChI=1S/C15H18INO2/c1-3-4-5-6-19-15(18)13-9-11-7-10(2)8-12(16)14(11)17-13/h7-9,17H,3-6H2,1-2H3. The van der Waals surface area contributed by atoms with Crippen LogP contribution in [-0.2, 0) is 4.74 Å². The van der Waals surface area contributed by atoms with Gasteiger partial charge in [0.15, 0.2) is 0 Å². The first kappa shape index (κ1) is 14.4. The molecule has 0 amide bonds. The van der Waals surface area contributed by atoms with E-state index in [2.05, 4.69) is 53.6 Å². The number of H-pyrrole nitrogens is 1. The molecule has 0 aliphatic rings. The molecule has 0 aliphatic heterocycles. The fraction of sp³-hybridized carbons (Fsp3) is 0.400. The number of fused-ring (bicyclic) bond motifs is 1. The average Bonchev–Trinajstić information content (AvgIpc) is 2.78.